The number of aromatic nitrogens is 3. The predicted molar refractivity (Wildman–Crippen MR) is 79.2 cm³/mol. The van der Waals surface area contributed by atoms with Crippen molar-refractivity contribution in [2.75, 3.05) is 20.3 Å². The van der Waals surface area contributed by atoms with E-state index in [0.717, 1.165) is 17.9 Å². The molecule has 0 unspecified atom stereocenters. The molecule has 0 fully saturated rings. The Bertz CT molecular complexity index is 559. The molecule has 7 heteroatoms. The average Bonchev–Trinajstić information content (AvgIpc) is 2.87. The maximum absolute atomic E-state index is 6.12. The lowest BCUT2D eigenvalue weighted by Crippen LogP contribution is -2.19. The molecule has 0 aliphatic heterocycles. The monoisotopic (exact) mass is 314 g/mol. The van der Waals surface area contributed by atoms with Gasteiger partial charge >= 0.3 is 0 Å². The number of ether oxygens (including phenoxy) is 1. The first kappa shape index (κ1) is 15.3. The Hall–Kier alpha value is -1.14. The second-order valence-corrected chi connectivity index (χ2v) is 5.11. The summed E-state index contributed by atoms with van der Waals surface area (Å²) in [6, 6.07) is 5.38. The van der Waals surface area contributed by atoms with Crippen LogP contribution in [0.15, 0.2) is 24.5 Å². The van der Waals surface area contributed by atoms with Gasteiger partial charge in [0.2, 0.25) is 0 Å². The molecule has 1 heterocycles. The first-order valence-corrected chi connectivity index (χ1v) is 6.96. The van der Waals surface area contributed by atoms with Gasteiger partial charge in [0.25, 0.3) is 0 Å². The number of methoxy groups -OCH3 is 1. The van der Waals surface area contributed by atoms with Crippen molar-refractivity contribution >= 4 is 23.2 Å². The molecule has 0 aliphatic rings. The van der Waals surface area contributed by atoms with Crippen LogP contribution in [0.3, 0.4) is 0 Å². The summed E-state index contributed by atoms with van der Waals surface area (Å²) in [6.45, 7) is 2.59. The largest absolute Gasteiger partial charge is 0.383 e. The lowest BCUT2D eigenvalue weighted by Gasteiger charge is -2.04. The molecule has 1 N–H and O–H groups in total. The first-order valence-electron chi connectivity index (χ1n) is 6.21. The van der Waals surface area contributed by atoms with Gasteiger partial charge in [-0.25, -0.2) is 9.67 Å². The van der Waals surface area contributed by atoms with E-state index in [9.17, 15) is 0 Å². The molecule has 20 heavy (non-hydrogen) atoms. The molecule has 0 bridgehead atoms. The zero-order valence-corrected chi connectivity index (χ0v) is 12.7. The lowest BCUT2D eigenvalue weighted by molar-refractivity contribution is 0.199. The molecule has 0 aliphatic carbocycles. The number of benzene rings is 1. The molecule has 1 aromatic carbocycles. The van der Waals surface area contributed by atoms with Crippen molar-refractivity contribution in [3.8, 4) is 0 Å². The molecule has 5 nitrogen and oxygen atoms in total. The number of halogens is 2. The molecule has 108 valence electrons. The van der Waals surface area contributed by atoms with Gasteiger partial charge in [-0.1, -0.05) is 23.2 Å². The lowest BCUT2D eigenvalue weighted by atomic mass is 10.2. The van der Waals surface area contributed by atoms with Crippen LogP contribution in [0.1, 0.15) is 11.4 Å². The van der Waals surface area contributed by atoms with Gasteiger partial charge in [0, 0.05) is 23.7 Å². The summed E-state index contributed by atoms with van der Waals surface area (Å²) in [6.07, 6.45) is 1.69. The van der Waals surface area contributed by atoms with Crippen LogP contribution < -0.4 is 5.32 Å². The van der Waals surface area contributed by atoms with Crippen molar-refractivity contribution in [2.24, 2.45) is 0 Å². The van der Waals surface area contributed by atoms with Crippen molar-refractivity contribution in [2.45, 2.75) is 13.1 Å². The van der Waals surface area contributed by atoms with Crippen molar-refractivity contribution in [3.63, 3.8) is 0 Å². The Kier molecular flexibility index (Phi) is 5.79. The highest BCUT2D eigenvalue weighted by Gasteiger charge is 2.05. The predicted octanol–water partition coefficient (Wildman–Crippen LogP) is 2.37. The Morgan fingerprint density at radius 2 is 2.20 bits per heavy atom. The SMILES string of the molecule is COCCNCc1ncn(Cc2cc(Cl)ccc2Cl)n1. The molecule has 0 saturated heterocycles. The van der Waals surface area contributed by atoms with Gasteiger partial charge in [0.15, 0.2) is 5.82 Å². The number of rotatable bonds is 7. The standard InChI is InChI=1S/C13H16Cl2N4O/c1-20-5-4-16-7-13-17-9-19(18-13)8-10-6-11(14)2-3-12(10)15/h2-3,6,9,16H,4-5,7-8H2,1H3. The third-order valence-electron chi connectivity index (χ3n) is 2.69. The van der Waals surface area contributed by atoms with Gasteiger partial charge < -0.3 is 10.1 Å². The molecular weight excluding hydrogens is 299 g/mol. The molecule has 1 aromatic heterocycles. The van der Waals surface area contributed by atoms with Gasteiger partial charge in [-0.15, -0.1) is 0 Å². The van der Waals surface area contributed by atoms with E-state index in [0.29, 0.717) is 29.7 Å². The van der Waals surface area contributed by atoms with E-state index in [2.05, 4.69) is 15.4 Å². The van der Waals surface area contributed by atoms with E-state index < -0.39 is 0 Å². The van der Waals surface area contributed by atoms with Gasteiger partial charge in [-0.3, -0.25) is 0 Å². The van der Waals surface area contributed by atoms with Crippen molar-refractivity contribution in [1.29, 1.82) is 0 Å². The fourth-order valence-corrected chi connectivity index (χ4v) is 2.08. The second-order valence-electron chi connectivity index (χ2n) is 4.26. The molecule has 0 radical (unpaired) electrons. The zero-order valence-electron chi connectivity index (χ0n) is 11.1. The maximum Gasteiger partial charge on any atom is 0.164 e. The van der Waals surface area contributed by atoms with Crippen molar-refractivity contribution in [3.05, 3.63) is 46.0 Å². The Labute approximate surface area is 127 Å². The van der Waals surface area contributed by atoms with Crippen LogP contribution in [0.5, 0.6) is 0 Å². The number of nitrogens with zero attached hydrogens (tertiary/aromatic N) is 3. The van der Waals surface area contributed by atoms with Gasteiger partial charge in [0.1, 0.15) is 6.33 Å². The smallest absolute Gasteiger partial charge is 0.164 e. The van der Waals surface area contributed by atoms with Crippen LogP contribution in [-0.2, 0) is 17.8 Å². The maximum atomic E-state index is 6.12. The van der Waals surface area contributed by atoms with Gasteiger partial charge in [0.05, 0.1) is 19.7 Å². The van der Waals surface area contributed by atoms with Crippen LogP contribution in [0, 0.1) is 0 Å². The number of hydrogen-bond acceptors (Lipinski definition) is 4. The third-order valence-corrected chi connectivity index (χ3v) is 3.29. The van der Waals surface area contributed by atoms with E-state index in [1.54, 1.807) is 30.3 Å². The highest BCUT2D eigenvalue weighted by atomic mass is 35.5. The normalized spacial score (nSPS) is 10.9. The van der Waals surface area contributed by atoms with Crippen LogP contribution in [0.2, 0.25) is 10.0 Å². The highest BCUT2D eigenvalue weighted by molar-refractivity contribution is 6.33. The molecule has 0 spiro atoms. The van der Waals surface area contributed by atoms with E-state index in [-0.39, 0.29) is 0 Å². The van der Waals surface area contributed by atoms with E-state index in [4.69, 9.17) is 27.9 Å². The Morgan fingerprint density at radius 1 is 1.35 bits per heavy atom. The zero-order chi connectivity index (χ0) is 14.4. The summed E-state index contributed by atoms with van der Waals surface area (Å²) in [7, 11) is 1.67. The van der Waals surface area contributed by atoms with E-state index >= 15 is 0 Å². The Morgan fingerprint density at radius 3 is 3.00 bits per heavy atom. The van der Waals surface area contributed by atoms with Crippen molar-refractivity contribution in [1.82, 2.24) is 20.1 Å². The quantitative estimate of drug-likeness (QED) is 0.797. The van der Waals surface area contributed by atoms with E-state index in [1.807, 2.05) is 6.07 Å². The summed E-state index contributed by atoms with van der Waals surface area (Å²) in [5, 5.41) is 8.89. The summed E-state index contributed by atoms with van der Waals surface area (Å²) in [5.74, 6) is 0.735. The van der Waals surface area contributed by atoms with Crippen LogP contribution >= 0.6 is 23.2 Å². The summed E-state index contributed by atoms with van der Waals surface area (Å²) in [4.78, 5) is 4.23. The minimum atomic E-state index is 0.546. The summed E-state index contributed by atoms with van der Waals surface area (Å²) >= 11 is 12.1. The summed E-state index contributed by atoms with van der Waals surface area (Å²) in [5.41, 5.74) is 0.919. The van der Waals surface area contributed by atoms with Crippen LogP contribution in [-0.4, -0.2) is 35.0 Å². The fraction of sp³-hybridized carbons (Fsp3) is 0.385. The number of nitrogens with one attached hydrogen (secondary N) is 1. The van der Waals surface area contributed by atoms with E-state index in [1.165, 1.54) is 0 Å². The molecule has 2 rings (SSSR count). The first-order chi connectivity index (χ1) is 9.69. The minimum Gasteiger partial charge on any atom is -0.383 e. The fourth-order valence-electron chi connectivity index (χ4n) is 1.70. The summed E-state index contributed by atoms with van der Waals surface area (Å²) < 4.78 is 6.69. The Balaban J connectivity index is 1.93. The van der Waals surface area contributed by atoms with Crippen LogP contribution in [0.25, 0.3) is 0 Å². The minimum absolute atomic E-state index is 0.546. The number of hydrogen-bond donors (Lipinski definition) is 1. The molecule has 2 aromatic rings. The topological polar surface area (TPSA) is 52.0 Å². The average molecular weight is 315 g/mol. The second kappa shape index (κ2) is 7.59. The molecular formula is C13H16Cl2N4O. The molecule has 0 amide bonds. The highest BCUT2D eigenvalue weighted by Crippen LogP contribution is 2.21. The molecule has 0 atom stereocenters. The van der Waals surface area contributed by atoms with Crippen LogP contribution in [0.4, 0.5) is 0 Å². The van der Waals surface area contributed by atoms with Gasteiger partial charge in [-0.2, -0.15) is 5.10 Å². The molecule has 0 saturated carbocycles. The third kappa shape index (κ3) is 4.45. The van der Waals surface area contributed by atoms with Crippen molar-refractivity contribution < 1.29 is 4.74 Å². The van der Waals surface area contributed by atoms with Gasteiger partial charge in [-0.05, 0) is 23.8 Å².